The molecule has 0 saturated heterocycles. The average molecular weight is 461 g/mol. The minimum absolute atomic E-state index is 0.0165. The molecule has 3 aromatic carbocycles. The van der Waals surface area contributed by atoms with E-state index >= 15 is 0 Å². The summed E-state index contributed by atoms with van der Waals surface area (Å²) in [5.41, 5.74) is 1.46. The summed E-state index contributed by atoms with van der Waals surface area (Å²) in [6.45, 7) is 1.77. The lowest BCUT2D eigenvalue weighted by Gasteiger charge is -2.12. The number of hydrogen-bond acceptors (Lipinski definition) is 7. The molecule has 1 heterocycles. The molecule has 0 spiro atoms. The van der Waals surface area contributed by atoms with Crippen molar-refractivity contribution in [3.63, 3.8) is 0 Å². The summed E-state index contributed by atoms with van der Waals surface area (Å²) >= 11 is 5.93. The van der Waals surface area contributed by atoms with E-state index in [1.54, 1.807) is 79.7 Å². The summed E-state index contributed by atoms with van der Waals surface area (Å²) in [4.78, 5) is 24.7. The number of esters is 2. The van der Waals surface area contributed by atoms with Crippen LogP contribution in [0, 0.1) is 6.92 Å². The third-order valence-corrected chi connectivity index (χ3v) is 4.67. The Hall–Kier alpha value is -4.23. The topological polar surface area (TPSA) is 87.6 Å². The summed E-state index contributed by atoms with van der Waals surface area (Å²) in [5.74, 6) is -0.329. The molecular weight excluding hydrogens is 444 g/mol. The van der Waals surface area contributed by atoms with Gasteiger partial charge in [0.1, 0.15) is 11.5 Å². The highest BCUT2D eigenvalue weighted by atomic mass is 35.5. The number of nitrogens with zero attached hydrogens (tertiary/aromatic N) is 2. The van der Waals surface area contributed by atoms with Crippen LogP contribution < -0.4 is 14.2 Å². The maximum atomic E-state index is 12.4. The lowest BCUT2D eigenvalue weighted by atomic mass is 10.2. The maximum absolute atomic E-state index is 12.4. The number of benzene rings is 3. The number of rotatable bonds is 6. The maximum Gasteiger partial charge on any atom is 0.343 e. The number of aryl methyl sites for hydroxylation is 1. The van der Waals surface area contributed by atoms with Crippen molar-refractivity contribution in [2.75, 3.05) is 0 Å². The van der Waals surface area contributed by atoms with Gasteiger partial charge in [-0.1, -0.05) is 48.0 Å². The van der Waals surface area contributed by atoms with Crippen molar-refractivity contribution >= 4 is 23.5 Å². The molecule has 0 aliphatic carbocycles. The average Bonchev–Trinajstić information content (AvgIpc) is 2.83. The quantitative estimate of drug-likeness (QED) is 0.270. The van der Waals surface area contributed by atoms with Gasteiger partial charge in [0.05, 0.1) is 11.1 Å². The Morgan fingerprint density at radius 1 is 0.727 bits per heavy atom. The van der Waals surface area contributed by atoms with Crippen LogP contribution in [0.15, 0.2) is 84.9 Å². The summed E-state index contributed by atoms with van der Waals surface area (Å²) in [7, 11) is 0. The van der Waals surface area contributed by atoms with Gasteiger partial charge in [0, 0.05) is 6.07 Å². The number of ether oxygens (including phenoxy) is 3. The number of carbonyl (C=O) groups is 2. The molecule has 0 atom stereocenters. The van der Waals surface area contributed by atoms with E-state index in [9.17, 15) is 9.59 Å². The van der Waals surface area contributed by atoms with E-state index in [0.717, 1.165) is 0 Å². The van der Waals surface area contributed by atoms with E-state index in [-0.39, 0.29) is 16.8 Å². The number of halogens is 1. The van der Waals surface area contributed by atoms with Crippen LogP contribution in [0.1, 0.15) is 26.3 Å². The van der Waals surface area contributed by atoms with Gasteiger partial charge in [-0.15, -0.1) is 10.2 Å². The van der Waals surface area contributed by atoms with Gasteiger partial charge in [0.2, 0.25) is 0 Å². The van der Waals surface area contributed by atoms with Crippen LogP contribution >= 0.6 is 11.6 Å². The van der Waals surface area contributed by atoms with Gasteiger partial charge < -0.3 is 14.2 Å². The summed E-state index contributed by atoms with van der Waals surface area (Å²) < 4.78 is 16.7. The molecule has 0 N–H and O–H groups in total. The van der Waals surface area contributed by atoms with E-state index in [2.05, 4.69) is 10.2 Å². The fourth-order valence-electron chi connectivity index (χ4n) is 2.86. The Bertz CT molecular complexity index is 1300. The van der Waals surface area contributed by atoms with Gasteiger partial charge >= 0.3 is 11.9 Å². The van der Waals surface area contributed by atoms with Crippen molar-refractivity contribution in [2.45, 2.75) is 6.92 Å². The van der Waals surface area contributed by atoms with Crippen LogP contribution in [0.3, 0.4) is 0 Å². The van der Waals surface area contributed by atoms with E-state index in [0.29, 0.717) is 28.2 Å². The SMILES string of the molecule is Cc1cc(OC(=O)c2ccccc2)ccc1Oc1nnc(Cl)cc1OC(=O)c1ccccc1. The van der Waals surface area contributed by atoms with Crippen LogP contribution in [0.25, 0.3) is 0 Å². The van der Waals surface area contributed by atoms with Gasteiger partial charge in [0.25, 0.3) is 5.88 Å². The van der Waals surface area contributed by atoms with Crippen LogP contribution in [-0.4, -0.2) is 22.1 Å². The van der Waals surface area contributed by atoms with Gasteiger partial charge in [0.15, 0.2) is 10.9 Å². The molecule has 4 aromatic rings. The lowest BCUT2D eigenvalue weighted by molar-refractivity contribution is 0.0723. The zero-order chi connectivity index (χ0) is 23.2. The third kappa shape index (κ3) is 5.53. The van der Waals surface area contributed by atoms with Crippen molar-refractivity contribution in [1.82, 2.24) is 10.2 Å². The van der Waals surface area contributed by atoms with E-state index in [1.807, 2.05) is 6.07 Å². The predicted molar refractivity (Wildman–Crippen MR) is 121 cm³/mol. The third-order valence-electron chi connectivity index (χ3n) is 4.48. The van der Waals surface area contributed by atoms with Crippen LogP contribution in [0.4, 0.5) is 0 Å². The van der Waals surface area contributed by atoms with E-state index in [4.69, 9.17) is 25.8 Å². The summed E-state index contributed by atoms with van der Waals surface area (Å²) in [5, 5.41) is 7.71. The summed E-state index contributed by atoms with van der Waals surface area (Å²) in [6, 6.07) is 23.4. The molecule has 0 radical (unpaired) electrons. The second-order valence-electron chi connectivity index (χ2n) is 6.88. The van der Waals surface area contributed by atoms with Crippen LogP contribution in [0.5, 0.6) is 23.1 Å². The Labute approximate surface area is 194 Å². The molecule has 7 nitrogen and oxygen atoms in total. The second kappa shape index (κ2) is 9.93. The van der Waals surface area contributed by atoms with Gasteiger partial charge in [-0.3, -0.25) is 0 Å². The normalized spacial score (nSPS) is 10.4. The lowest BCUT2D eigenvalue weighted by Crippen LogP contribution is -2.10. The van der Waals surface area contributed by atoms with Gasteiger partial charge in [-0.05, 0) is 55.0 Å². The first-order valence-corrected chi connectivity index (χ1v) is 10.2. The Kier molecular flexibility index (Phi) is 6.61. The first-order valence-electron chi connectivity index (χ1n) is 9.86. The highest BCUT2D eigenvalue weighted by molar-refractivity contribution is 6.29. The highest BCUT2D eigenvalue weighted by Crippen LogP contribution is 2.34. The highest BCUT2D eigenvalue weighted by Gasteiger charge is 2.17. The van der Waals surface area contributed by atoms with E-state index in [1.165, 1.54) is 6.07 Å². The second-order valence-corrected chi connectivity index (χ2v) is 7.26. The minimum atomic E-state index is -0.593. The van der Waals surface area contributed by atoms with Crippen LogP contribution in [-0.2, 0) is 0 Å². The molecule has 0 amide bonds. The van der Waals surface area contributed by atoms with Gasteiger partial charge in [-0.2, -0.15) is 0 Å². The fraction of sp³-hybridized carbons (Fsp3) is 0.0400. The standard InChI is InChI=1S/C25H17ClN2O5/c1-16-14-19(31-24(29)17-8-4-2-5-9-17)12-13-20(16)32-23-21(15-22(26)27-28-23)33-25(30)18-10-6-3-7-11-18/h2-15H,1H3. The number of carbonyl (C=O) groups excluding carboxylic acids is 2. The van der Waals surface area contributed by atoms with Crippen molar-refractivity contribution in [2.24, 2.45) is 0 Å². The van der Waals surface area contributed by atoms with Crippen molar-refractivity contribution in [3.8, 4) is 23.1 Å². The Morgan fingerprint density at radius 2 is 1.33 bits per heavy atom. The number of hydrogen-bond donors (Lipinski definition) is 0. The smallest absolute Gasteiger partial charge is 0.343 e. The molecule has 1 aromatic heterocycles. The van der Waals surface area contributed by atoms with Crippen LogP contribution in [0.2, 0.25) is 5.15 Å². The molecule has 0 aliphatic heterocycles. The zero-order valence-electron chi connectivity index (χ0n) is 17.4. The molecule has 0 bridgehead atoms. The summed E-state index contributed by atoms with van der Waals surface area (Å²) in [6.07, 6.45) is 0. The molecule has 8 heteroatoms. The fourth-order valence-corrected chi connectivity index (χ4v) is 3.00. The first kappa shape index (κ1) is 22.0. The molecule has 164 valence electrons. The van der Waals surface area contributed by atoms with Crippen molar-refractivity contribution in [1.29, 1.82) is 0 Å². The minimum Gasteiger partial charge on any atom is -0.435 e. The molecule has 4 rings (SSSR count). The van der Waals surface area contributed by atoms with Gasteiger partial charge in [-0.25, -0.2) is 9.59 Å². The molecule has 0 aliphatic rings. The van der Waals surface area contributed by atoms with Crippen molar-refractivity contribution in [3.05, 3.63) is 107 Å². The Morgan fingerprint density at radius 3 is 1.94 bits per heavy atom. The molecule has 0 fully saturated rings. The monoisotopic (exact) mass is 460 g/mol. The largest absolute Gasteiger partial charge is 0.435 e. The first-order chi connectivity index (χ1) is 16.0. The molecule has 0 saturated carbocycles. The van der Waals surface area contributed by atoms with E-state index < -0.39 is 11.9 Å². The molecule has 0 unspecified atom stereocenters. The molecule has 33 heavy (non-hydrogen) atoms. The molecular formula is C25H17ClN2O5. The Balaban J connectivity index is 1.52. The number of aromatic nitrogens is 2. The zero-order valence-corrected chi connectivity index (χ0v) is 18.2. The predicted octanol–water partition coefficient (Wildman–Crippen LogP) is 5.67. The van der Waals surface area contributed by atoms with Crippen molar-refractivity contribution < 1.29 is 23.8 Å².